The maximum absolute atomic E-state index is 12.4. The van der Waals surface area contributed by atoms with Gasteiger partial charge in [0.15, 0.2) is 0 Å². The number of hydrogen-bond donors (Lipinski definition) is 2. The first-order valence-corrected chi connectivity index (χ1v) is 10.2. The Labute approximate surface area is 156 Å². The fraction of sp³-hybridized carbons (Fsp3) is 0.667. The molecule has 5 nitrogen and oxygen atoms in total. The van der Waals surface area contributed by atoms with Crippen LogP contribution in [0.5, 0.6) is 0 Å². The van der Waals surface area contributed by atoms with Gasteiger partial charge in [-0.2, -0.15) is 0 Å². The predicted octanol–water partition coefficient (Wildman–Crippen LogP) is 2.42. The van der Waals surface area contributed by atoms with E-state index in [1.807, 2.05) is 12.1 Å². The number of carbonyl (C=O) groups excluding carboxylic acids is 1. The predicted molar refractivity (Wildman–Crippen MR) is 103 cm³/mol. The average molecular weight is 357 g/mol. The first kappa shape index (κ1) is 18.0. The highest BCUT2D eigenvalue weighted by Crippen LogP contribution is 2.32. The number of morpholine rings is 1. The van der Waals surface area contributed by atoms with E-state index in [1.165, 1.54) is 18.4 Å². The van der Waals surface area contributed by atoms with Gasteiger partial charge in [0.05, 0.1) is 13.2 Å². The fourth-order valence-corrected chi connectivity index (χ4v) is 4.68. The Morgan fingerprint density at radius 2 is 1.81 bits per heavy atom. The Hall–Kier alpha value is -1.43. The Bertz CT molecular complexity index is 586. The van der Waals surface area contributed by atoms with Crippen molar-refractivity contribution in [1.82, 2.24) is 10.2 Å². The van der Waals surface area contributed by atoms with Crippen LogP contribution in [-0.4, -0.2) is 55.7 Å². The van der Waals surface area contributed by atoms with Crippen molar-refractivity contribution in [3.8, 4) is 0 Å². The highest BCUT2D eigenvalue weighted by molar-refractivity contribution is 5.90. The molecule has 4 rings (SSSR count). The van der Waals surface area contributed by atoms with Gasteiger partial charge < -0.3 is 15.4 Å². The quantitative estimate of drug-likeness (QED) is 0.821. The van der Waals surface area contributed by atoms with Crippen LogP contribution in [-0.2, 0) is 16.0 Å². The normalized spacial score (nSPS) is 28.8. The van der Waals surface area contributed by atoms with Gasteiger partial charge in [0, 0.05) is 43.8 Å². The van der Waals surface area contributed by atoms with Crippen LogP contribution >= 0.6 is 0 Å². The summed E-state index contributed by atoms with van der Waals surface area (Å²) in [5.41, 5.74) is 2.24. The van der Waals surface area contributed by atoms with Crippen molar-refractivity contribution < 1.29 is 9.53 Å². The molecule has 0 spiro atoms. The number of piperidine rings is 1. The third kappa shape index (κ3) is 4.84. The zero-order valence-corrected chi connectivity index (χ0v) is 15.6. The number of nitrogens with zero attached hydrogens (tertiary/aromatic N) is 1. The van der Waals surface area contributed by atoms with E-state index >= 15 is 0 Å². The van der Waals surface area contributed by atoms with Crippen molar-refractivity contribution in [2.75, 3.05) is 38.2 Å². The van der Waals surface area contributed by atoms with Gasteiger partial charge in [-0.05, 0) is 55.7 Å². The summed E-state index contributed by atoms with van der Waals surface area (Å²) in [6, 6.07) is 9.66. The molecule has 0 saturated carbocycles. The largest absolute Gasteiger partial charge is 0.379 e. The van der Waals surface area contributed by atoms with Crippen LogP contribution < -0.4 is 10.6 Å². The second-order valence-corrected chi connectivity index (χ2v) is 8.13. The van der Waals surface area contributed by atoms with Crippen LogP contribution in [0.2, 0.25) is 0 Å². The molecule has 0 aliphatic carbocycles. The highest BCUT2D eigenvalue weighted by atomic mass is 16.5. The van der Waals surface area contributed by atoms with Gasteiger partial charge in [0.25, 0.3) is 0 Å². The molecule has 26 heavy (non-hydrogen) atoms. The maximum Gasteiger partial charge on any atom is 0.224 e. The molecule has 142 valence electrons. The van der Waals surface area contributed by atoms with Crippen molar-refractivity contribution in [2.24, 2.45) is 5.92 Å². The summed E-state index contributed by atoms with van der Waals surface area (Å²) in [7, 11) is 0. The minimum Gasteiger partial charge on any atom is -0.379 e. The summed E-state index contributed by atoms with van der Waals surface area (Å²) >= 11 is 0. The van der Waals surface area contributed by atoms with Gasteiger partial charge in [-0.25, -0.2) is 0 Å². The smallest absolute Gasteiger partial charge is 0.224 e. The number of anilines is 1. The zero-order valence-electron chi connectivity index (χ0n) is 15.6. The van der Waals surface area contributed by atoms with E-state index in [1.54, 1.807) is 0 Å². The SMILES string of the molecule is O=C(CC1CC2CCC(C1)N2)Nc1ccc(CCN2CCOCC2)cc1. The van der Waals surface area contributed by atoms with Crippen molar-refractivity contribution in [3.05, 3.63) is 29.8 Å². The number of hydrogen-bond acceptors (Lipinski definition) is 4. The second-order valence-electron chi connectivity index (χ2n) is 8.13. The van der Waals surface area contributed by atoms with Crippen LogP contribution in [0, 0.1) is 5.92 Å². The van der Waals surface area contributed by atoms with Crippen LogP contribution in [0.4, 0.5) is 5.69 Å². The Kier molecular flexibility index (Phi) is 5.88. The van der Waals surface area contributed by atoms with E-state index in [9.17, 15) is 4.79 Å². The first-order chi connectivity index (χ1) is 12.7. The summed E-state index contributed by atoms with van der Waals surface area (Å²) in [6.45, 7) is 4.85. The molecule has 3 saturated heterocycles. The van der Waals surface area contributed by atoms with Crippen LogP contribution in [0.3, 0.4) is 0 Å². The summed E-state index contributed by atoms with van der Waals surface area (Å²) in [5, 5.41) is 6.73. The topological polar surface area (TPSA) is 53.6 Å². The second kappa shape index (κ2) is 8.51. The number of carbonyl (C=O) groups is 1. The Morgan fingerprint density at radius 1 is 1.12 bits per heavy atom. The number of benzene rings is 1. The molecule has 3 aliphatic rings. The molecule has 1 aromatic carbocycles. The molecule has 3 aliphatic heterocycles. The van der Waals surface area contributed by atoms with Gasteiger partial charge in [-0.3, -0.25) is 9.69 Å². The van der Waals surface area contributed by atoms with Crippen LogP contribution in [0.1, 0.15) is 37.7 Å². The van der Waals surface area contributed by atoms with Gasteiger partial charge in [0.1, 0.15) is 0 Å². The molecular formula is C21H31N3O2. The lowest BCUT2D eigenvalue weighted by Gasteiger charge is -2.28. The number of ether oxygens (including phenoxy) is 1. The van der Waals surface area contributed by atoms with Crippen LogP contribution in [0.15, 0.2) is 24.3 Å². The summed E-state index contributed by atoms with van der Waals surface area (Å²) < 4.78 is 5.39. The van der Waals surface area contributed by atoms with Crippen LogP contribution in [0.25, 0.3) is 0 Å². The minimum atomic E-state index is 0.164. The molecule has 2 unspecified atom stereocenters. The van der Waals surface area contributed by atoms with Crippen molar-refractivity contribution in [2.45, 2.75) is 50.6 Å². The monoisotopic (exact) mass is 357 g/mol. The zero-order chi connectivity index (χ0) is 17.8. The van der Waals surface area contributed by atoms with Crippen molar-refractivity contribution in [1.29, 1.82) is 0 Å². The first-order valence-electron chi connectivity index (χ1n) is 10.2. The van der Waals surface area contributed by atoms with Crippen molar-refractivity contribution in [3.63, 3.8) is 0 Å². The summed E-state index contributed by atoms with van der Waals surface area (Å²) in [6.07, 6.45) is 6.59. The maximum atomic E-state index is 12.4. The third-order valence-corrected chi connectivity index (χ3v) is 6.10. The van der Waals surface area contributed by atoms with E-state index in [4.69, 9.17) is 4.74 Å². The lowest BCUT2D eigenvalue weighted by molar-refractivity contribution is -0.117. The summed E-state index contributed by atoms with van der Waals surface area (Å²) in [5.74, 6) is 0.707. The van der Waals surface area contributed by atoms with Gasteiger partial charge in [0.2, 0.25) is 5.91 Å². The molecule has 2 N–H and O–H groups in total. The number of amides is 1. The number of rotatable bonds is 6. The lowest BCUT2D eigenvalue weighted by atomic mass is 9.89. The molecule has 3 fully saturated rings. The molecule has 0 aromatic heterocycles. The van der Waals surface area contributed by atoms with Gasteiger partial charge in [-0.15, -0.1) is 0 Å². The molecule has 0 radical (unpaired) electrons. The van der Waals surface area contributed by atoms with Gasteiger partial charge in [-0.1, -0.05) is 12.1 Å². The molecule has 2 bridgehead atoms. The van der Waals surface area contributed by atoms with Crippen molar-refractivity contribution >= 4 is 11.6 Å². The van der Waals surface area contributed by atoms with E-state index in [0.29, 0.717) is 24.4 Å². The summed E-state index contributed by atoms with van der Waals surface area (Å²) in [4.78, 5) is 14.8. The minimum absolute atomic E-state index is 0.164. The van der Waals surface area contributed by atoms with E-state index in [2.05, 4.69) is 27.7 Å². The molecule has 5 heteroatoms. The Balaban J connectivity index is 1.21. The van der Waals surface area contributed by atoms with E-state index < -0.39 is 0 Å². The fourth-order valence-electron chi connectivity index (χ4n) is 4.68. The van der Waals surface area contributed by atoms with Gasteiger partial charge >= 0.3 is 0 Å². The lowest BCUT2D eigenvalue weighted by Crippen LogP contribution is -2.39. The van der Waals surface area contributed by atoms with E-state index in [0.717, 1.165) is 57.8 Å². The molecule has 3 heterocycles. The Morgan fingerprint density at radius 3 is 2.50 bits per heavy atom. The third-order valence-electron chi connectivity index (χ3n) is 6.10. The molecule has 2 atom stereocenters. The molecule has 1 aromatic rings. The standard InChI is InChI=1S/C21H31N3O2/c25-21(15-17-13-19-5-6-20(14-17)22-19)23-18-3-1-16(2-4-18)7-8-24-9-11-26-12-10-24/h1-4,17,19-20,22H,5-15H2,(H,23,25). The average Bonchev–Trinajstić information content (AvgIpc) is 3.00. The molecule has 1 amide bonds. The van der Waals surface area contributed by atoms with E-state index in [-0.39, 0.29) is 5.91 Å². The molecular weight excluding hydrogens is 326 g/mol. The highest BCUT2D eigenvalue weighted by Gasteiger charge is 2.34. The number of nitrogens with one attached hydrogen (secondary N) is 2. The number of fused-ring (bicyclic) bond motifs is 2.